The van der Waals surface area contributed by atoms with Gasteiger partial charge in [-0.2, -0.15) is 0 Å². The number of ether oxygens (including phenoxy) is 1. The molecule has 220 valence electrons. The third-order valence-electron chi connectivity index (χ3n) is 7.48. The number of para-hydroxylation sites is 2. The minimum atomic E-state index is -0.338. The molecule has 0 aliphatic carbocycles. The maximum Gasteiger partial charge on any atom is 0.254 e. The number of hydrogen-bond donors (Lipinski definition) is 3. The maximum absolute atomic E-state index is 12.7. The Bertz CT molecular complexity index is 1660. The van der Waals surface area contributed by atoms with Crippen molar-refractivity contribution in [2.45, 2.75) is 32.1 Å². The van der Waals surface area contributed by atoms with Gasteiger partial charge in [0.2, 0.25) is 5.88 Å². The Hall–Kier alpha value is -4.02. The van der Waals surface area contributed by atoms with Crippen molar-refractivity contribution in [2.24, 2.45) is 0 Å². The van der Waals surface area contributed by atoms with Gasteiger partial charge in [0, 0.05) is 62.8 Å². The van der Waals surface area contributed by atoms with E-state index in [0.29, 0.717) is 25.6 Å². The molecule has 5 aromatic rings. The SMILES string of the molecule is O=C(NCc1ccc(CN(CCNCc2nc3ccccc3[nH]2)C2CCOc3ncccc32)cc1)c1c(Cl)cncc1Cl. The van der Waals surface area contributed by atoms with E-state index in [1.165, 1.54) is 18.0 Å². The fraction of sp³-hybridized carbons (Fsp3) is 0.250. The van der Waals surface area contributed by atoms with E-state index in [2.05, 4.69) is 53.7 Å². The smallest absolute Gasteiger partial charge is 0.254 e. The molecule has 0 saturated carbocycles. The number of hydrogen-bond acceptors (Lipinski definition) is 7. The van der Waals surface area contributed by atoms with Crippen LogP contribution in [0, 0.1) is 0 Å². The molecule has 1 atom stereocenters. The summed E-state index contributed by atoms with van der Waals surface area (Å²) in [5, 5.41) is 6.89. The van der Waals surface area contributed by atoms with Crippen molar-refractivity contribution in [3.63, 3.8) is 0 Å². The third-order valence-corrected chi connectivity index (χ3v) is 8.05. The van der Waals surface area contributed by atoms with Gasteiger partial charge in [0.25, 0.3) is 5.91 Å². The molecule has 3 aromatic heterocycles. The van der Waals surface area contributed by atoms with Crippen LogP contribution in [0.4, 0.5) is 0 Å². The van der Waals surface area contributed by atoms with Gasteiger partial charge in [-0.15, -0.1) is 0 Å². The van der Waals surface area contributed by atoms with E-state index in [1.807, 2.05) is 42.5 Å². The quantitative estimate of drug-likeness (QED) is 0.163. The number of halogens is 2. The van der Waals surface area contributed by atoms with Crippen LogP contribution in [-0.4, -0.2) is 50.4 Å². The minimum absolute atomic E-state index is 0.180. The second-order valence-corrected chi connectivity index (χ2v) is 11.2. The molecule has 0 radical (unpaired) electrons. The Balaban J connectivity index is 1.11. The number of amides is 1. The second kappa shape index (κ2) is 13.5. The van der Waals surface area contributed by atoms with Gasteiger partial charge in [-0.1, -0.05) is 65.7 Å². The number of nitrogens with zero attached hydrogens (tertiary/aromatic N) is 4. The van der Waals surface area contributed by atoms with E-state index < -0.39 is 0 Å². The summed E-state index contributed by atoms with van der Waals surface area (Å²) in [5.41, 5.74) is 5.49. The fourth-order valence-corrected chi connectivity index (χ4v) is 5.88. The van der Waals surface area contributed by atoms with Crippen molar-refractivity contribution in [1.82, 2.24) is 35.5 Å². The molecule has 4 heterocycles. The molecule has 1 aliphatic heterocycles. The Morgan fingerprint density at radius 3 is 2.60 bits per heavy atom. The lowest BCUT2D eigenvalue weighted by molar-refractivity contribution is 0.0951. The van der Waals surface area contributed by atoms with E-state index in [0.717, 1.165) is 54.0 Å². The summed E-state index contributed by atoms with van der Waals surface area (Å²) in [7, 11) is 0. The van der Waals surface area contributed by atoms with Crippen molar-refractivity contribution in [2.75, 3.05) is 19.7 Å². The molecule has 1 amide bonds. The second-order valence-electron chi connectivity index (χ2n) is 10.4. The highest BCUT2D eigenvalue weighted by Gasteiger charge is 2.27. The van der Waals surface area contributed by atoms with Crippen molar-refractivity contribution in [1.29, 1.82) is 0 Å². The van der Waals surface area contributed by atoms with Gasteiger partial charge in [0.1, 0.15) is 5.82 Å². The number of H-pyrrole nitrogens is 1. The zero-order valence-corrected chi connectivity index (χ0v) is 24.9. The number of rotatable bonds is 11. The molecular weight excluding hydrogens is 585 g/mol. The van der Waals surface area contributed by atoms with E-state index in [1.54, 1.807) is 6.20 Å². The van der Waals surface area contributed by atoms with Gasteiger partial charge in [-0.3, -0.25) is 14.7 Å². The van der Waals surface area contributed by atoms with E-state index in [4.69, 9.17) is 27.9 Å². The van der Waals surface area contributed by atoms with Crippen molar-refractivity contribution in [3.8, 4) is 5.88 Å². The molecule has 9 nitrogen and oxygen atoms in total. The number of aromatic nitrogens is 4. The van der Waals surface area contributed by atoms with Crippen LogP contribution in [0.2, 0.25) is 10.0 Å². The predicted molar refractivity (Wildman–Crippen MR) is 167 cm³/mol. The summed E-state index contributed by atoms with van der Waals surface area (Å²) in [5.74, 6) is 1.29. The van der Waals surface area contributed by atoms with E-state index in [9.17, 15) is 4.79 Å². The first-order chi connectivity index (χ1) is 21.0. The maximum atomic E-state index is 12.7. The van der Waals surface area contributed by atoms with Crippen LogP contribution in [-0.2, 0) is 19.6 Å². The average molecular weight is 617 g/mol. The lowest BCUT2D eigenvalue weighted by Gasteiger charge is -2.35. The van der Waals surface area contributed by atoms with Gasteiger partial charge >= 0.3 is 0 Å². The number of carbonyl (C=O) groups excluding carboxylic acids is 1. The normalized spacial score (nSPS) is 14.4. The molecule has 0 fully saturated rings. The van der Waals surface area contributed by atoms with Gasteiger partial charge < -0.3 is 20.4 Å². The number of imidazole rings is 1. The van der Waals surface area contributed by atoms with Gasteiger partial charge in [0.05, 0.1) is 39.8 Å². The third kappa shape index (κ3) is 6.97. The topological polar surface area (TPSA) is 108 Å². The van der Waals surface area contributed by atoms with Gasteiger partial charge in [0.15, 0.2) is 0 Å². The first-order valence-corrected chi connectivity index (χ1v) is 14.9. The lowest BCUT2D eigenvalue weighted by atomic mass is 10.0. The molecule has 1 aliphatic rings. The van der Waals surface area contributed by atoms with Gasteiger partial charge in [-0.05, 0) is 29.3 Å². The molecule has 11 heteroatoms. The minimum Gasteiger partial charge on any atom is -0.477 e. The van der Waals surface area contributed by atoms with Crippen LogP contribution < -0.4 is 15.4 Å². The predicted octanol–water partition coefficient (Wildman–Crippen LogP) is 5.71. The molecule has 0 saturated heterocycles. The molecule has 6 rings (SSSR count). The Morgan fingerprint density at radius 1 is 1.00 bits per heavy atom. The van der Waals surface area contributed by atoms with Crippen LogP contribution in [0.5, 0.6) is 5.88 Å². The van der Waals surface area contributed by atoms with Crippen LogP contribution in [0.1, 0.15) is 45.3 Å². The van der Waals surface area contributed by atoms with Gasteiger partial charge in [-0.25, -0.2) is 9.97 Å². The van der Waals surface area contributed by atoms with Crippen molar-refractivity contribution < 1.29 is 9.53 Å². The highest BCUT2D eigenvalue weighted by atomic mass is 35.5. The monoisotopic (exact) mass is 615 g/mol. The molecule has 1 unspecified atom stereocenters. The van der Waals surface area contributed by atoms with E-state index in [-0.39, 0.29) is 27.6 Å². The van der Waals surface area contributed by atoms with E-state index >= 15 is 0 Å². The molecule has 0 bridgehead atoms. The summed E-state index contributed by atoms with van der Waals surface area (Å²) in [6, 6.07) is 20.6. The highest BCUT2D eigenvalue weighted by molar-refractivity contribution is 6.39. The summed E-state index contributed by atoms with van der Waals surface area (Å²) in [6.45, 7) is 3.99. The number of pyridine rings is 2. The number of nitrogens with one attached hydrogen (secondary N) is 3. The Kier molecular flexibility index (Phi) is 9.14. The summed E-state index contributed by atoms with van der Waals surface area (Å²) in [6.07, 6.45) is 5.47. The standard InChI is InChI=1S/C32H31Cl2N7O2/c33-24-17-36-18-25(34)30(24)31(42)38-16-21-7-9-22(10-8-21)20-41(28-11-15-43-32-23(28)4-3-12-37-32)14-13-35-19-29-39-26-5-1-2-6-27(26)40-29/h1-10,12,17-18,28,35H,11,13-16,19-20H2,(H,38,42)(H,39,40). The average Bonchev–Trinajstić information content (AvgIpc) is 3.45. The zero-order valence-electron chi connectivity index (χ0n) is 23.4. The summed E-state index contributed by atoms with van der Waals surface area (Å²) in [4.78, 5) is 31.6. The van der Waals surface area contributed by atoms with Crippen LogP contribution in [0.15, 0.2) is 79.3 Å². The Labute approximate surface area is 259 Å². The first-order valence-electron chi connectivity index (χ1n) is 14.2. The first kappa shape index (κ1) is 29.1. The van der Waals surface area contributed by atoms with Crippen LogP contribution in [0.3, 0.4) is 0 Å². The highest BCUT2D eigenvalue weighted by Crippen LogP contribution is 2.35. The molecule has 43 heavy (non-hydrogen) atoms. The summed E-state index contributed by atoms with van der Waals surface area (Å²) >= 11 is 12.3. The fourth-order valence-electron chi connectivity index (χ4n) is 5.34. The number of benzene rings is 2. The molecule has 2 aromatic carbocycles. The molecular formula is C32H31Cl2N7O2. The lowest BCUT2D eigenvalue weighted by Crippen LogP contribution is -2.37. The Morgan fingerprint density at radius 2 is 1.79 bits per heavy atom. The number of fused-ring (bicyclic) bond motifs is 2. The largest absolute Gasteiger partial charge is 0.477 e. The number of aromatic amines is 1. The number of carbonyl (C=O) groups is 1. The molecule has 0 spiro atoms. The van der Waals surface area contributed by atoms with Crippen molar-refractivity contribution in [3.05, 3.63) is 117 Å². The molecule has 3 N–H and O–H groups in total. The van der Waals surface area contributed by atoms with Crippen LogP contribution >= 0.6 is 23.2 Å². The van der Waals surface area contributed by atoms with Crippen molar-refractivity contribution >= 4 is 40.1 Å². The summed E-state index contributed by atoms with van der Waals surface area (Å²) < 4.78 is 5.85. The van der Waals surface area contributed by atoms with Crippen LogP contribution in [0.25, 0.3) is 11.0 Å². The zero-order chi connectivity index (χ0) is 29.6.